The van der Waals surface area contributed by atoms with E-state index in [0.717, 1.165) is 82.6 Å². The third-order valence-electron chi connectivity index (χ3n) is 5.91. The molecule has 1 aromatic heterocycles. The van der Waals surface area contributed by atoms with E-state index in [4.69, 9.17) is 14.2 Å². The normalized spacial score (nSPS) is 29.4. The molecule has 1 aromatic carbocycles. The van der Waals surface area contributed by atoms with Gasteiger partial charge in [0, 0.05) is 31.7 Å². The van der Waals surface area contributed by atoms with Crippen molar-refractivity contribution in [2.45, 2.75) is 24.8 Å². The van der Waals surface area contributed by atoms with Crippen LogP contribution in [0.4, 0.5) is 0 Å². The van der Waals surface area contributed by atoms with Gasteiger partial charge in [0.2, 0.25) is 11.7 Å². The van der Waals surface area contributed by atoms with E-state index >= 15 is 0 Å². The first-order valence-electron chi connectivity index (χ1n) is 9.27. The molecule has 0 unspecified atom stereocenters. The molecule has 0 atom stereocenters. The zero-order chi connectivity index (χ0) is 16.7. The van der Waals surface area contributed by atoms with Gasteiger partial charge in [-0.05, 0) is 37.6 Å². The van der Waals surface area contributed by atoms with E-state index in [9.17, 15) is 0 Å². The molecule has 2 aromatic rings. The number of fused-ring (bicyclic) bond motifs is 2. The summed E-state index contributed by atoms with van der Waals surface area (Å²) >= 11 is 0. The standard InChI is InChI=1S/C19H24N4O2/c1-2-15(13-22-8-10-24-11-9-22)12-16(3-1)17-20-18(25-21-17)19-4-6-23(14-19)7-5-19/h1-3,12H,4-11,13-14H2. The molecule has 0 spiro atoms. The van der Waals surface area contributed by atoms with Crippen LogP contribution in [-0.2, 0) is 16.7 Å². The van der Waals surface area contributed by atoms with Gasteiger partial charge in [0.05, 0.1) is 18.6 Å². The van der Waals surface area contributed by atoms with E-state index in [1.165, 1.54) is 5.56 Å². The van der Waals surface area contributed by atoms with Gasteiger partial charge in [-0.1, -0.05) is 23.4 Å². The third kappa shape index (κ3) is 2.88. The zero-order valence-electron chi connectivity index (χ0n) is 14.5. The van der Waals surface area contributed by atoms with Gasteiger partial charge < -0.3 is 14.2 Å². The molecule has 2 bridgehead atoms. The highest BCUT2D eigenvalue weighted by Crippen LogP contribution is 2.42. The molecule has 0 N–H and O–H groups in total. The van der Waals surface area contributed by atoms with Gasteiger partial charge in [0.25, 0.3) is 0 Å². The summed E-state index contributed by atoms with van der Waals surface area (Å²) in [5.74, 6) is 1.56. The van der Waals surface area contributed by atoms with Crippen molar-refractivity contribution in [3.63, 3.8) is 0 Å². The van der Waals surface area contributed by atoms with Crippen LogP contribution < -0.4 is 0 Å². The summed E-state index contributed by atoms with van der Waals surface area (Å²) in [5, 5.41) is 4.29. The minimum absolute atomic E-state index is 0.108. The predicted octanol–water partition coefficient (Wildman–Crippen LogP) is 1.92. The first-order valence-corrected chi connectivity index (χ1v) is 9.27. The van der Waals surface area contributed by atoms with E-state index in [1.807, 2.05) is 0 Å². The molecule has 4 heterocycles. The molecular weight excluding hydrogens is 316 g/mol. The Kier molecular flexibility index (Phi) is 3.84. The number of benzene rings is 1. The maximum Gasteiger partial charge on any atom is 0.234 e. The summed E-state index contributed by atoms with van der Waals surface area (Å²) in [7, 11) is 0. The number of rotatable bonds is 4. The molecule has 3 aliphatic rings. The van der Waals surface area contributed by atoms with E-state index in [1.54, 1.807) is 0 Å². The van der Waals surface area contributed by atoms with Crippen LogP contribution in [0.25, 0.3) is 11.4 Å². The number of aromatic nitrogens is 2. The number of piperidine rings is 1. The minimum Gasteiger partial charge on any atom is -0.379 e. The number of nitrogens with zero attached hydrogens (tertiary/aromatic N) is 4. The fourth-order valence-corrected chi connectivity index (χ4v) is 4.39. The molecule has 25 heavy (non-hydrogen) atoms. The topological polar surface area (TPSA) is 54.6 Å². The van der Waals surface area contributed by atoms with Crippen molar-refractivity contribution in [1.82, 2.24) is 19.9 Å². The number of hydrogen-bond donors (Lipinski definition) is 0. The Balaban J connectivity index is 1.36. The lowest BCUT2D eigenvalue weighted by Gasteiger charge is -2.26. The van der Waals surface area contributed by atoms with Crippen molar-refractivity contribution < 1.29 is 9.26 Å². The summed E-state index contributed by atoms with van der Waals surface area (Å²) in [4.78, 5) is 9.70. The lowest BCUT2D eigenvalue weighted by atomic mass is 9.84. The van der Waals surface area contributed by atoms with Crippen LogP contribution in [0.5, 0.6) is 0 Å². The van der Waals surface area contributed by atoms with Crippen LogP contribution in [0.3, 0.4) is 0 Å². The molecule has 0 aliphatic carbocycles. The molecule has 0 amide bonds. The molecular formula is C19H24N4O2. The second-order valence-corrected chi connectivity index (χ2v) is 7.57. The Morgan fingerprint density at radius 1 is 1.08 bits per heavy atom. The highest BCUT2D eigenvalue weighted by Gasteiger charge is 2.48. The summed E-state index contributed by atoms with van der Waals surface area (Å²) < 4.78 is 11.1. The number of morpholine rings is 1. The first-order chi connectivity index (χ1) is 12.3. The first kappa shape index (κ1) is 15.5. The van der Waals surface area contributed by atoms with Crippen LogP contribution in [0.15, 0.2) is 28.8 Å². The van der Waals surface area contributed by atoms with Gasteiger partial charge in [0.1, 0.15) is 0 Å². The summed E-state index contributed by atoms with van der Waals surface area (Å²) in [5.41, 5.74) is 2.44. The maximum absolute atomic E-state index is 5.70. The van der Waals surface area contributed by atoms with Gasteiger partial charge >= 0.3 is 0 Å². The van der Waals surface area contributed by atoms with Crippen LogP contribution in [-0.4, -0.2) is 65.9 Å². The Labute approximate surface area is 147 Å². The van der Waals surface area contributed by atoms with E-state index in [0.29, 0.717) is 0 Å². The van der Waals surface area contributed by atoms with Gasteiger partial charge in [-0.3, -0.25) is 4.90 Å². The van der Waals surface area contributed by atoms with Crippen molar-refractivity contribution >= 4 is 0 Å². The lowest BCUT2D eigenvalue weighted by molar-refractivity contribution is 0.0342. The average molecular weight is 340 g/mol. The van der Waals surface area contributed by atoms with Crippen molar-refractivity contribution in [2.75, 3.05) is 45.9 Å². The monoisotopic (exact) mass is 340 g/mol. The third-order valence-corrected chi connectivity index (χ3v) is 5.91. The van der Waals surface area contributed by atoms with Crippen molar-refractivity contribution in [1.29, 1.82) is 0 Å². The molecule has 5 rings (SSSR count). The SMILES string of the molecule is c1cc(CN2CCOCC2)cc(-c2noc(C34CCN(CC3)C4)n2)c1. The molecule has 132 valence electrons. The van der Waals surface area contributed by atoms with Gasteiger partial charge in [-0.15, -0.1) is 0 Å². The zero-order valence-corrected chi connectivity index (χ0v) is 14.5. The average Bonchev–Trinajstić information content (AvgIpc) is 3.39. The fraction of sp³-hybridized carbons (Fsp3) is 0.579. The Morgan fingerprint density at radius 3 is 2.68 bits per heavy atom. The molecule has 0 saturated carbocycles. The van der Waals surface area contributed by atoms with Gasteiger partial charge in [-0.2, -0.15) is 4.98 Å². The Bertz CT molecular complexity index is 745. The fourth-order valence-electron chi connectivity index (χ4n) is 4.39. The summed E-state index contributed by atoms with van der Waals surface area (Å²) in [6.45, 7) is 7.98. The lowest BCUT2D eigenvalue weighted by Crippen LogP contribution is -2.35. The molecule has 6 heteroatoms. The molecule has 0 radical (unpaired) electrons. The highest BCUT2D eigenvalue weighted by molar-refractivity contribution is 5.55. The van der Waals surface area contributed by atoms with Crippen molar-refractivity contribution in [3.8, 4) is 11.4 Å². The number of ether oxygens (including phenoxy) is 1. The highest BCUT2D eigenvalue weighted by atomic mass is 16.5. The Hall–Kier alpha value is -1.76. The smallest absolute Gasteiger partial charge is 0.234 e. The quantitative estimate of drug-likeness (QED) is 0.848. The van der Waals surface area contributed by atoms with Crippen LogP contribution in [0, 0.1) is 0 Å². The Morgan fingerprint density at radius 2 is 1.92 bits per heavy atom. The maximum atomic E-state index is 5.70. The second-order valence-electron chi connectivity index (χ2n) is 7.57. The van der Waals surface area contributed by atoms with E-state index < -0.39 is 0 Å². The predicted molar refractivity (Wildman–Crippen MR) is 93.2 cm³/mol. The summed E-state index contributed by atoms with van der Waals surface area (Å²) in [6, 6.07) is 8.53. The van der Waals surface area contributed by atoms with Crippen molar-refractivity contribution in [3.05, 3.63) is 35.7 Å². The van der Waals surface area contributed by atoms with E-state index in [-0.39, 0.29) is 5.41 Å². The second kappa shape index (κ2) is 6.20. The van der Waals surface area contributed by atoms with Crippen LogP contribution >= 0.6 is 0 Å². The van der Waals surface area contributed by atoms with Gasteiger partial charge in [-0.25, -0.2) is 0 Å². The van der Waals surface area contributed by atoms with Gasteiger partial charge in [0.15, 0.2) is 0 Å². The number of hydrogen-bond acceptors (Lipinski definition) is 6. The van der Waals surface area contributed by atoms with Crippen LogP contribution in [0.1, 0.15) is 24.3 Å². The van der Waals surface area contributed by atoms with E-state index in [2.05, 4.69) is 39.2 Å². The summed E-state index contributed by atoms with van der Waals surface area (Å²) in [6.07, 6.45) is 2.29. The largest absolute Gasteiger partial charge is 0.379 e. The molecule has 3 aliphatic heterocycles. The van der Waals surface area contributed by atoms with Crippen molar-refractivity contribution in [2.24, 2.45) is 0 Å². The molecule has 3 saturated heterocycles. The minimum atomic E-state index is 0.108. The molecule has 3 fully saturated rings. The van der Waals surface area contributed by atoms with Crippen LogP contribution in [0.2, 0.25) is 0 Å². The molecule has 6 nitrogen and oxygen atoms in total.